The van der Waals surface area contributed by atoms with Crippen molar-refractivity contribution in [3.63, 3.8) is 0 Å². The molecule has 0 amide bonds. The molecule has 0 unspecified atom stereocenters. The summed E-state index contributed by atoms with van der Waals surface area (Å²) >= 11 is 3.22. The maximum absolute atomic E-state index is 11.9. The smallest absolute Gasteiger partial charge is 0.178 e. The Bertz CT molecular complexity index is 682. The Hall–Kier alpha value is -1.20. The molecule has 1 heterocycles. The van der Waals surface area contributed by atoms with Crippen molar-refractivity contribution < 1.29 is 8.42 Å². The van der Waals surface area contributed by atoms with E-state index in [2.05, 4.69) is 20.9 Å². The van der Waals surface area contributed by atoms with Crippen molar-refractivity contribution >= 4 is 25.8 Å². The molecule has 0 aliphatic carbocycles. The molecule has 5 heteroatoms. The molecule has 2 rings (SSSR count). The van der Waals surface area contributed by atoms with Crippen molar-refractivity contribution in [3.05, 3.63) is 46.7 Å². The predicted molar refractivity (Wildman–Crippen MR) is 75.2 cm³/mol. The summed E-state index contributed by atoms with van der Waals surface area (Å²) in [6, 6.07) is 9.45. The number of sulfone groups is 1. The molecule has 0 spiro atoms. The van der Waals surface area contributed by atoms with Gasteiger partial charge in [0.1, 0.15) is 9.50 Å². The molecular formula is C13H12BrNO2S. The van der Waals surface area contributed by atoms with Crippen LogP contribution in [-0.4, -0.2) is 19.7 Å². The summed E-state index contributed by atoms with van der Waals surface area (Å²) in [6.45, 7) is 1.86. The third-order valence-electron chi connectivity index (χ3n) is 2.61. The van der Waals surface area contributed by atoms with Gasteiger partial charge in [-0.25, -0.2) is 13.4 Å². The van der Waals surface area contributed by atoms with Gasteiger partial charge < -0.3 is 0 Å². The normalized spacial score (nSPS) is 11.5. The van der Waals surface area contributed by atoms with E-state index in [0.29, 0.717) is 10.2 Å². The lowest BCUT2D eigenvalue weighted by atomic mass is 10.0. The van der Waals surface area contributed by atoms with Crippen LogP contribution in [0.2, 0.25) is 0 Å². The molecule has 0 saturated carbocycles. The Balaban J connectivity index is 2.86. The first-order valence-corrected chi connectivity index (χ1v) is 8.00. The summed E-state index contributed by atoms with van der Waals surface area (Å²) in [5.74, 6) is 0. The first-order valence-electron chi connectivity index (χ1n) is 5.32. The summed E-state index contributed by atoms with van der Waals surface area (Å²) in [6.07, 6.45) is 2.86. The van der Waals surface area contributed by atoms with Crippen LogP contribution in [0.15, 0.2) is 46.0 Å². The van der Waals surface area contributed by atoms with Gasteiger partial charge in [-0.3, -0.25) is 0 Å². The molecule has 0 N–H and O–H groups in total. The Morgan fingerprint density at radius 2 is 1.78 bits per heavy atom. The molecule has 3 nitrogen and oxygen atoms in total. The SMILES string of the molecule is Cc1cnc(Br)c(S(C)(=O)=O)c1-c1ccccc1. The number of aromatic nitrogens is 1. The number of halogens is 1. The second-order valence-electron chi connectivity index (χ2n) is 4.07. The zero-order chi connectivity index (χ0) is 13.3. The molecule has 0 aliphatic rings. The number of pyridine rings is 1. The van der Waals surface area contributed by atoms with Gasteiger partial charge in [-0.15, -0.1) is 0 Å². The van der Waals surface area contributed by atoms with Crippen LogP contribution in [0.3, 0.4) is 0 Å². The van der Waals surface area contributed by atoms with Crippen LogP contribution in [0.4, 0.5) is 0 Å². The largest absolute Gasteiger partial charge is 0.248 e. The summed E-state index contributed by atoms with van der Waals surface area (Å²) in [7, 11) is -3.34. The average Bonchev–Trinajstić information content (AvgIpc) is 2.31. The van der Waals surface area contributed by atoms with Crippen LogP contribution >= 0.6 is 15.9 Å². The first-order chi connectivity index (χ1) is 8.41. The van der Waals surface area contributed by atoms with Crippen LogP contribution in [0.25, 0.3) is 11.1 Å². The number of aryl methyl sites for hydroxylation is 1. The van der Waals surface area contributed by atoms with Crippen LogP contribution < -0.4 is 0 Å². The standard InChI is InChI=1S/C13H12BrNO2S/c1-9-8-15-13(14)12(18(2,16)17)11(9)10-6-4-3-5-7-10/h3-8H,1-2H3. The molecule has 0 fully saturated rings. The fourth-order valence-corrected chi connectivity index (χ4v) is 4.05. The number of hydrogen-bond acceptors (Lipinski definition) is 3. The van der Waals surface area contributed by atoms with Crippen molar-refractivity contribution in [2.45, 2.75) is 11.8 Å². The molecular weight excluding hydrogens is 314 g/mol. The first kappa shape index (κ1) is 13.2. The molecule has 0 atom stereocenters. The predicted octanol–water partition coefficient (Wildman–Crippen LogP) is 3.22. The minimum Gasteiger partial charge on any atom is -0.248 e. The van der Waals surface area contributed by atoms with Gasteiger partial charge in [0.2, 0.25) is 0 Å². The molecule has 0 saturated heterocycles. The highest BCUT2D eigenvalue weighted by atomic mass is 79.9. The summed E-state index contributed by atoms with van der Waals surface area (Å²) in [5.41, 5.74) is 2.42. The zero-order valence-electron chi connectivity index (χ0n) is 10.0. The van der Waals surface area contributed by atoms with Gasteiger partial charge in [0.05, 0.1) is 0 Å². The maximum atomic E-state index is 11.9. The highest BCUT2D eigenvalue weighted by Gasteiger charge is 2.21. The maximum Gasteiger partial charge on any atom is 0.178 e. The van der Waals surface area contributed by atoms with Gasteiger partial charge in [-0.1, -0.05) is 30.3 Å². The lowest BCUT2D eigenvalue weighted by Crippen LogP contribution is -2.04. The Labute approximate surface area is 115 Å². The van der Waals surface area contributed by atoms with Crippen LogP contribution in [0, 0.1) is 6.92 Å². The number of nitrogens with zero attached hydrogens (tertiary/aromatic N) is 1. The second kappa shape index (κ2) is 4.82. The van der Waals surface area contributed by atoms with E-state index in [4.69, 9.17) is 0 Å². The molecule has 1 aromatic carbocycles. The highest BCUT2D eigenvalue weighted by Crippen LogP contribution is 2.34. The van der Waals surface area contributed by atoms with Crippen molar-refractivity contribution in [3.8, 4) is 11.1 Å². The summed E-state index contributed by atoms with van der Waals surface area (Å²) in [4.78, 5) is 4.31. The van der Waals surface area contributed by atoms with E-state index in [1.807, 2.05) is 37.3 Å². The van der Waals surface area contributed by atoms with E-state index in [9.17, 15) is 8.42 Å². The van der Waals surface area contributed by atoms with Crippen molar-refractivity contribution in [2.24, 2.45) is 0 Å². The van der Waals surface area contributed by atoms with Crippen LogP contribution in [-0.2, 0) is 9.84 Å². The van der Waals surface area contributed by atoms with E-state index in [-0.39, 0.29) is 4.90 Å². The second-order valence-corrected chi connectivity index (χ2v) is 6.78. The molecule has 0 aliphatic heterocycles. The van der Waals surface area contributed by atoms with E-state index in [1.54, 1.807) is 6.20 Å². The van der Waals surface area contributed by atoms with Gasteiger partial charge in [0.25, 0.3) is 0 Å². The molecule has 1 aromatic heterocycles. The Kier molecular flexibility index (Phi) is 3.54. The zero-order valence-corrected chi connectivity index (χ0v) is 12.4. The lowest BCUT2D eigenvalue weighted by Gasteiger charge is -2.12. The lowest BCUT2D eigenvalue weighted by molar-refractivity contribution is 0.601. The molecule has 2 aromatic rings. The van der Waals surface area contributed by atoms with Gasteiger partial charge in [-0.2, -0.15) is 0 Å². The van der Waals surface area contributed by atoms with E-state index in [1.165, 1.54) is 6.26 Å². The molecule has 18 heavy (non-hydrogen) atoms. The van der Waals surface area contributed by atoms with E-state index < -0.39 is 9.84 Å². The topological polar surface area (TPSA) is 47.0 Å². The van der Waals surface area contributed by atoms with Crippen LogP contribution in [0.5, 0.6) is 0 Å². The van der Waals surface area contributed by atoms with Crippen LogP contribution in [0.1, 0.15) is 5.56 Å². The van der Waals surface area contributed by atoms with Crippen molar-refractivity contribution in [2.75, 3.05) is 6.26 Å². The summed E-state index contributed by atoms with van der Waals surface area (Å²) in [5, 5.41) is 0. The molecule has 0 radical (unpaired) electrons. The van der Waals surface area contributed by atoms with Gasteiger partial charge in [-0.05, 0) is 34.0 Å². The molecule has 0 bridgehead atoms. The minimum absolute atomic E-state index is 0.244. The Morgan fingerprint density at radius 3 is 2.33 bits per heavy atom. The van der Waals surface area contributed by atoms with Crippen molar-refractivity contribution in [1.29, 1.82) is 0 Å². The van der Waals surface area contributed by atoms with E-state index >= 15 is 0 Å². The number of hydrogen-bond donors (Lipinski definition) is 0. The molecule has 94 valence electrons. The monoisotopic (exact) mass is 325 g/mol. The third-order valence-corrected chi connectivity index (χ3v) is 4.62. The minimum atomic E-state index is -3.34. The van der Waals surface area contributed by atoms with Gasteiger partial charge >= 0.3 is 0 Å². The Morgan fingerprint density at radius 1 is 1.17 bits per heavy atom. The fourth-order valence-electron chi connectivity index (χ4n) is 1.86. The third kappa shape index (κ3) is 2.47. The van der Waals surface area contributed by atoms with Gasteiger partial charge in [0.15, 0.2) is 9.84 Å². The number of benzene rings is 1. The quantitative estimate of drug-likeness (QED) is 0.796. The highest BCUT2D eigenvalue weighted by molar-refractivity contribution is 9.10. The van der Waals surface area contributed by atoms with E-state index in [0.717, 1.165) is 11.1 Å². The van der Waals surface area contributed by atoms with Crippen molar-refractivity contribution in [1.82, 2.24) is 4.98 Å². The van der Waals surface area contributed by atoms with Gasteiger partial charge in [0, 0.05) is 18.0 Å². The summed E-state index contributed by atoms with van der Waals surface area (Å²) < 4.78 is 24.2. The fraction of sp³-hybridized carbons (Fsp3) is 0.154. The average molecular weight is 326 g/mol. The number of rotatable bonds is 2.